The van der Waals surface area contributed by atoms with Gasteiger partial charge in [-0.15, -0.1) is 0 Å². The van der Waals surface area contributed by atoms with Crippen molar-refractivity contribution in [3.8, 4) is 0 Å². The predicted molar refractivity (Wildman–Crippen MR) is 55.9 cm³/mol. The van der Waals surface area contributed by atoms with E-state index in [1.165, 1.54) is 12.0 Å². The smallest absolute Gasteiger partial charge is 0.0674 e. The Morgan fingerprint density at radius 2 is 2.46 bits per heavy atom. The maximum Gasteiger partial charge on any atom is 0.0674 e. The van der Waals surface area contributed by atoms with Gasteiger partial charge in [-0.3, -0.25) is 4.90 Å². The van der Waals surface area contributed by atoms with E-state index >= 15 is 0 Å². The third-order valence-corrected chi connectivity index (χ3v) is 2.55. The first kappa shape index (κ1) is 11.3. The van der Waals surface area contributed by atoms with Crippen molar-refractivity contribution in [3.63, 3.8) is 0 Å². The molecule has 78 valence electrons. The Labute approximate surface area is 85.0 Å². The van der Waals surface area contributed by atoms with Crippen molar-refractivity contribution in [2.24, 2.45) is 0 Å². The molecule has 1 fully saturated rings. The van der Waals surface area contributed by atoms with Gasteiger partial charge in [-0.05, 0) is 25.4 Å². The van der Waals surface area contributed by atoms with Crippen LogP contribution < -0.4 is 0 Å². The molecule has 1 atom stereocenters. The fourth-order valence-electron chi connectivity index (χ4n) is 1.52. The molecule has 4 heteroatoms. The molecule has 0 aromatic carbocycles. The van der Waals surface area contributed by atoms with E-state index in [0.717, 1.165) is 39.3 Å². The number of hydrogen-bond donors (Lipinski definition) is 0. The molecular weight excluding hydrogens is 186 g/mol. The zero-order valence-electron chi connectivity index (χ0n) is 8.49. The highest BCUT2D eigenvalue weighted by molar-refractivity contribution is 7.93. The van der Waals surface area contributed by atoms with Gasteiger partial charge in [0.1, 0.15) is 0 Å². The van der Waals surface area contributed by atoms with Crippen LogP contribution in [0.3, 0.4) is 0 Å². The summed E-state index contributed by atoms with van der Waals surface area (Å²) in [5.41, 5.74) is 0. The SMILES string of the molecule is CSOCCCN1CCO[C@H](C)C1. The molecule has 0 spiro atoms. The van der Waals surface area contributed by atoms with Crippen LogP contribution in [0, 0.1) is 0 Å². The zero-order valence-corrected chi connectivity index (χ0v) is 9.31. The predicted octanol–water partition coefficient (Wildman–Crippen LogP) is 1.39. The quantitative estimate of drug-likeness (QED) is 0.499. The number of rotatable bonds is 5. The second-order valence-electron chi connectivity index (χ2n) is 3.32. The number of nitrogens with zero attached hydrogens (tertiary/aromatic N) is 1. The van der Waals surface area contributed by atoms with Crippen LogP contribution >= 0.6 is 12.0 Å². The van der Waals surface area contributed by atoms with Crippen LogP contribution in [0.2, 0.25) is 0 Å². The Kier molecular flexibility index (Phi) is 5.78. The first-order valence-corrected chi connectivity index (χ1v) is 5.97. The summed E-state index contributed by atoms with van der Waals surface area (Å²) in [7, 11) is 0. The van der Waals surface area contributed by atoms with Gasteiger partial charge in [0.2, 0.25) is 0 Å². The van der Waals surface area contributed by atoms with Gasteiger partial charge in [0, 0.05) is 25.9 Å². The average molecular weight is 205 g/mol. The molecular formula is C9H19NO2S. The van der Waals surface area contributed by atoms with Gasteiger partial charge >= 0.3 is 0 Å². The van der Waals surface area contributed by atoms with Crippen molar-refractivity contribution in [1.29, 1.82) is 0 Å². The van der Waals surface area contributed by atoms with Crippen LogP contribution in [-0.2, 0) is 8.92 Å². The Morgan fingerprint density at radius 1 is 1.62 bits per heavy atom. The fraction of sp³-hybridized carbons (Fsp3) is 1.00. The Morgan fingerprint density at radius 3 is 3.15 bits per heavy atom. The summed E-state index contributed by atoms with van der Waals surface area (Å²) in [6.45, 7) is 7.14. The fourth-order valence-corrected chi connectivity index (χ4v) is 1.81. The van der Waals surface area contributed by atoms with Crippen molar-refractivity contribution in [1.82, 2.24) is 4.90 Å². The molecule has 0 unspecified atom stereocenters. The van der Waals surface area contributed by atoms with Gasteiger partial charge in [0.15, 0.2) is 0 Å². The molecule has 0 aromatic heterocycles. The third-order valence-electron chi connectivity index (χ3n) is 2.15. The van der Waals surface area contributed by atoms with Crippen LogP contribution in [0.1, 0.15) is 13.3 Å². The maximum absolute atomic E-state index is 5.46. The molecule has 13 heavy (non-hydrogen) atoms. The normalized spacial score (nSPS) is 24.9. The van der Waals surface area contributed by atoms with Crippen LogP contribution in [0.5, 0.6) is 0 Å². The molecule has 1 saturated heterocycles. The van der Waals surface area contributed by atoms with E-state index < -0.39 is 0 Å². The lowest BCUT2D eigenvalue weighted by molar-refractivity contribution is -0.0191. The summed E-state index contributed by atoms with van der Waals surface area (Å²) < 4.78 is 10.7. The summed E-state index contributed by atoms with van der Waals surface area (Å²) in [5.74, 6) is 0. The molecule has 0 amide bonds. The van der Waals surface area contributed by atoms with E-state index in [2.05, 4.69) is 11.8 Å². The van der Waals surface area contributed by atoms with Crippen LogP contribution in [-0.4, -0.2) is 50.1 Å². The van der Waals surface area contributed by atoms with Gasteiger partial charge in [-0.1, -0.05) is 0 Å². The minimum Gasteiger partial charge on any atom is -0.376 e. The molecule has 3 nitrogen and oxygen atoms in total. The van der Waals surface area contributed by atoms with Gasteiger partial charge < -0.3 is 8.92 Å². The van der Waals surface area contributed by atoms with E-state index in [9.17, 15) is 0 Å². The lowest BCUT2D eigenvalue weighted by atomic mass is 10.3. The average Bonchev–Trinajstić information content (AvgIpc) is 2.13. The molecule has 1 aliphatic heterocycles. The first-order chi connectivity index (χ1) is 6.33. The molecule has 1 aliphatic rings. The minimum atomic E-state index is 0.398. The Hall–Kier alpha value is 0.230. The highest BCUT2D eigenvalue weighted by Gasteiger charge is 2.15. The number of hydrogen-bond acceptors (Lipinski definition) is 4. The summed E-state index contributed by atoms with van der Waals surface area (Å²) in [5, 5.41) is 0. The molecule has 0 aromatic rings. The van der Waals surface area contributed by atoms with Gasteiger partial charge in [-0.2, -0.15) is 0 Å². The monoisotopic (exact) mass is 205 g/mol. The van der Waals surface area contributed by atoms with E-state index in [1.54, 1.807) is 0 Å². The minimum absolute atomic E-state index is 0.398. The standard InChI is InChI=1S/C9H19NO2S/c1-9-8-10(5-7-11-9)4-3-6-12-13-2/h9H,3-8H2,1-2H3/t9-/m1/s1. The Balaban J connectivity index is 2.00. The summed E-state index contributed by atoms with van der Waals surface area (Å²) in [6, 6.07) is 0. The highest BCUT2D eigenvalue weighted by Crippen LogP contribution is 2.05. The van der Waals surface area contributed by atoms with Crippen molar-refractivity contribution >= 4 is 12.0 Å². The van der Waals surface area contributed by atoms with E-state index in [-0.39, 0.29) is 0 Å². The van der Waals surface area contributed by atoms with Gasteiger partial charge in [-0.25, -0.2) is 0 Å². The van der Waals surface area contributed by atoms with Gasteiger partial charge in [0.25, 0.3) is 0 Å². The third kappa shape index (κ3) is 4.86. The maximum atomic E-state index is 5.46. The largest absolute Gasteiger partial charge is 0.376 e. The zero-order chi connectivity index (χ0) is 9.52. The second-order valence-corrected chi connectivity index (χ2v) is 3.89. The van der Waals surface area contributed by atoms with Crippen LogP contribution in [0.4, 0.5) is 0 Å². The van der Waals surface area contributed by atoms with Crippen LogP contribution in [0.25, 0.3) is 0 Å². The van der Waals surface area contributed by atoms with E-state index in [4.69, 9.17) is 8.92 Å². The second kappa shape index (κ2) is 6.65. The Bertz CT molecular complexity index is 135. The molecule has 0 radical (unpaired) electrons. The van der Waals surface area contributed by atoms with Crippen molar-refractivity contribution < 1.29 is 8.92 Å². The van der Waals surface area contributed by atoms with Crippen molar-refractivity contribution in [2.45, 2.75) is 19.4 Å². The topological polar surface area (TPSA) is 21.7 Å². The lowest BCUT2D eigenvalue weighted by Gasteiger charge is -2.30. The molecule has 1 heterocycles. The summed E-state index contributed by atoms with van der Waals surface area (Å²) in [4.78, 5) is 2.44. The number of ether oxygens (including phenoxy) is 1. The highest BCUT2D eigenvalue weighted by atomic mass is 32.2. The summed E-state index contributed by atoms with van der Waals surface area (Å²) in [6.07, 6.45) is 3.47. The van der Waals surface area contributed by atoms with E-state index in [0.29, 0.717) is 6.10 Å². The summed E-state index contributed by atoms with van der Waals surface area (Å²) >= 11 is 1.45. The van der Waals surface area contributed by atoms with Crippen molar-refractivity contribution in [3.05, 3.63) is 0 Å². The van der Waals surface area contributed by atoms with Crippen LogP contribution in [0.15, 0.2) is 0 Å². The van der Waals surface area contributed by atoms with E-state index in [1.807, 2.05) is 6.26 Å². The molecule has 0 N–H and O–H groups in total. The van der Waals surface area contributed by atoms with Crippen molar-refractivity contribution in [2.75, 3.05) is 39.1 Å². The number of morpholine rings is 1. The molecule has 0 saturated carbocycles. The molecule has 1 rings (SSSR count). The molecule has 0 aliphatic carbocycles. The molecule has 0 bridgehead atoms. The van der Waals surface area contributed by atoms with Gasteiger partial charge in [0.05, 0.1) is 19.3 Å². The first-order valence-electron chi connectivity index (χ1n) is 4.82. The lowest BCUT2D eigenvalue weighted by Crippen LogP contribution is -2.41.